The second kappa shape index (κ2) is 8.70. The van der Waals surface area contributed by atoms with Crippen LogP contribution in [0.2, 0.25) is 0 Å². The number of halogens is 1. The van der Waals surface area contributed by atoms with Crippen LogP contribution in [0.5, 0.6) is 5.75 Å². The molecule has 7 nitrogen and oxygen atoms in total. The second-order valence-corrected chi connectivity index (χ2v) is 9.30. The molecule has 172 valence electrons. The van der Waals surface area contributed by atoms with Gasteiger partial charge in [0.25, 0.3) is 11.8 Å². The predicted molar refractivity (Wildman–Crippen MR) is 130 cm³/mol. The lowest BCUT2D eigenvalue weighted by Gasteiger charge is -2.25. The van der Waals surface area contributed by atoms with Gasteiger partial charge in [0.05, 0.1) is 24.8 Å². The fraction of sp³-hybridized carbons (Fsp3) is 0.192. The zero-order valence-corrected chi connectivity index (χ0v) is 20.2. The predicted octanol–water partition coefficient (Wildman–Crippen LogP) is 4.03. The number of ether oxygens (including phenoxy) is 1. The lowest BCUT2D eigenvalue weighted by Crippen LogP contribution is -2.48. The number of rotatable bonds is 4. The highest BCUT2D eigenvalue weighted by Crippen LogP contribution is 2.42. The number of carbonyl (C=O) groups excluding carboxylic acids is 3. The number of methoxy groups -OCH3 is 1. The molecule has 0 saturated carbocycles. The average Bonchev–Trinajstić information content (AvgIpc) is 3.36. The fourth-order valence-electron chi connectivity index (χ4n) is 4.60. The van der Waals surface area contributed by atoms with Crippen molar-refractivity contribution >= 4 is 39.3 Å². The molecule has 3 aromatic rings. The Morgan fingerprint density at radius 2 is 1.71 bits per heavy atom. The van der Waals surface area contributed by atoms with Gasteiger partial charge in [0.15, 0.2) is 0 Å². The minimum absolute atomic E-state index is 0.344. The molecule has 34 heavy (non-hydrogen) atoms. The molecule has 2 saturated heterocycles. The fourth-order valence-corrected chi connectivity index (χ4v) is 4.99. The number of hydrogen-bond donors (Lipinski definition) is 1. The van der Waals surface area contributed by atoms with E-state index in [1.54, 1.807) is 43.5 Å². The van der Waals surface area contributed by atoms with Gasteiger partial charge in [-0.25, -0.2) is 10.3 Å². The van der Waals surface area contributed by atoms with E-state index in [1.807, 2.05) is 43.3 Å². The van der Waals surface area contributed by atoms with Gasteiger partial charge in [-0.05, 0) is 55.0 Å². The Kier molecular flexibility index (Phi) is 5.71. The lowest BCUT2D eigenvalue weighted by atomic mass is 9.90. The van der Waals surface area contributed by atoms with Gasteiger partial charge in [-0.2, -0.15) is 0 Å². The van der Waals surface area contributed by atoms with Crippen LogP contribution in [0.3, 0.4) is 0 Å². The Hall–Kier alpha value is -3.49. The summed E-state index contributed by atoms with van der Waals surface area (Å²) >= 11 is 3.39. The molecule has 3 aromatic carbocycles. The summed E-state index contributed by atoms with van der Waals surface area (Å²) in [7, 11) is 1.57. The number of anilines is 1. The molecule has 0 aliphatic carbocycles. The van der Waals surface area contributed by atoms with Crippen molar-refractivity contribution < 1.29 is 19.1 Å². The maximum Gasteiger partial charge on any atom is 0.268 e. The second-order valence-electron chi connectivity index (χ2n) is 8.39. The number of carbonyl (C=O) groups is 3. The van der Waals surface area contributed by atoms with Crippen LogP contribution in [0.1, 0.15) is 27.5 Å². The van der Waals surface area contributed by atoms with Crippen LogP contribution in [-0.4, -0.2) is 35.9 Å². The lowest BCUT2D eigenvalue weighted by molar-refractivity contribution is -0.123. The molecule has 2 aliphatic rings. The summed E-state index contributed by atoms with van der Waals surface area (Å²) in [6.07, 6.45) is 0. The van der Waals surface area contributed by atoms with Crippen molar-refractivity contribution in [1.82, 2.24) is 10.4 Å². The number of hydrogen-bond acceptors (Lipinski definition) is 5. The van der Waals surface area contributed by atoms with E-state index < -0.39 is 23.9 Å². The number of imide groups is 1. The van der Waals surface area contributed by atoms with Crippen molar-refractivity contribution in [1.29, 1.82) is 0 Å². The molecule has 3 amide bonds. The number of nitrogens with one attached hydrogen (secondary N) is 1. The Bertz CT molecular complexity index is 1290. The normalized spacial score (nSPS) is 21.7. The summed E-state index contributed by atoms with van der Waals surface area (Å²) in [5.41, 5.74) is 5.84. The summed E-state index contributed by atoms with van der Waals surface area (Å²) in [4.78, 5) is 42.0. The number of aryl methyl sites for hydroxylation is 1. The molecule has 0 unspecified atom stereocenters. The van der Waals surface area contributed by atoms with E-state index in [-0.39, 0.29) is 11.8 Å². The van der Waals surface area contributed by atoms with Gasteiger partial charge in [0, 0.05) is 10.0 Å². The van der Waals surface area contributed by atoms with Crippen LogP contribution in [0.4, 0.5) is 5.69 Å². The summed E-state index contributed by atoms with van der Waals surface area (Å²) in [5, 5.41) is 1.31. The van der Waals surface area contributed by atoms with Crippen LogP contribution in [-0.2, 0) is 9.59 Å². The van der Waals surface area contributed by atoms with E-state index in [0.29, 0.717) is 17.0 Å². The molecular weight excluding hydrogens is 498 g/mol. The molecule has 2 aliphatic heterocycles. The highest BCUT2D eigenvalue weighted by molar-refractivity contribution is 9.10. The standard InChI is InChI=1S/C26H22BrN3O4/c1-15-9-11-19(12-10-15)29-25(32)21-22(16-5-4-8-20(14-16)34-2)28-30(23(21)26(29)33)24(31)17-6-3-7-18(27)13-17/h3-14,21-23,28H,1-2H3/t21-,22-,23-/m0/s1. The van der Waals surface area contributed by atoms with Crippen LogP contribution < -0.4 is 15.1 Å². The van der Waals surface area contributed by atoms with Gasteiger partial charge in [0.1, 0.15) is 11.8 Å². The summed E-state index contributed by atoms with van der Waals surface area (Å²) < 4.78 is 6.10. The molecule has 2 heterocycles. The van der Waals surface area contributed by atoms with E-state index in [1.165, 1.54) is 9.91 Å². The Morgan fingerprint density at radius 3 is 2.41 bits per heavy atom. The smallest absolute Gasteiger partial charge is 0.268 e. The molecule has 2 fully saturated rings. The van der Waals surface area contributed by atoms with Crippen molar-refractivity contribution in [2.24, 2.45) is 5.92 Å². The highest BCUT2D eigenvalue weighted by Gasteiger charge is 2.60. The third-order valence-corrected chi connectivity index (χ3v) is 6.76. The van der Waals surface area contributed by atoms with Crippen molar-refractivity contribution in [3.63, 3.8) is 0 Å². The number of benzene rings is 3. The SMILES string of the molecule is COc1cccc([C@@H]2NN(C(=O)c3cccc(Br)c3)[C@@H]3C(=O)N(c4ccc(C)cc4)C(=O)[C@H]32)c1. The Balaban J connectivity index is 1.59. The molecule has 0 spiro atoms. The zero-order valence-electron chi connectivity index (χ0n) is 18.6. The van der Waals surface area contributed by atoms with Crippen LogP contribution in [0.15, 0.2) is 77.3 Å². The van der Waals surface area contributed by atoms with E-state index >= 15 is 0 Å². The first-order valence-corrected chi connectivity index (χ1v) is 11.6. The van der Waals surface area contributed by atoms with Crippen LogP contribution in [0.25, 0.3) is 0 Å². The Labute approximate surface area is 205 Å². The number of hydrazine groups is 1. The van der Waals surface area contributed by atoms with Gasteiger partial charge in [0.2, 0.25) is 5.91 Å². The first kappa shape index (κ1) is 22.3. The molecular formula is C26H22BrN3O4. The van der Waals surface area contributed by atoms with Gasteiger partial charge in [-0.1, -0.05) is 51.8 Å². The largest absolute Gasteiger partial charge is 0.497 e. The quantitative estimate of drug-likeness (QED) is 0.526. The summed E-state index contributed by atoms with van der Waals surface area (Å²) in [6.45, 7) is 1.94. The first-order chi connectivity index (χ1) is 16.4. The third-order valence-electron chi connectivity index (χ3n) is 6.27. The topological polar surface area (TPSA) is 79.0 Å². The number of amides is 3. The molecule has 5 rings (SSSR count). The number of nitrogens with zero attached hydrogens (tertiary/aromatic N) is 2. The molecule has 0 bridgehead atoms. The van der Waals surface area contributed by atoms with Gasteiger partial charge in [-0.15, -0.1) is 0 Å². The van der Waals surface area contributed by atoms with Crippen molar-refractivity contribution in [2.75, 3.05) is 12.0 Å². The molecule has 3 atom stereocenters. The van der Waals surface area contributed by atoms with Gasteiger partial charge in [-0.3, -0.25) is 19.4 Å². The van der Waals surface area contributed by atoms with Gasteiger partial charge < -0.3 is 4.74 Å². The zero-order chi connectivity index (χ0) is 24.0. The first-order valence-electron chi connectivity index (χ1n) is 10.8. The molecule has 8 heteroatoms. The average molecular weight is 520 g/mol. The number of fused-ring (bicyclic) bond motifs is 1. The maximum absolute atomic E-state index is 13.7. The maximum atomic E-state index is 13.7. The monoisotopic (exact) mass is 519 g/mol. The van der Waals surface area contributed by atoms with E-state index in [2.05, 4.69) is 21.4 Å². The summed E-state index contributed by atoms with van der Waals surface area (Å²) in [6, 6.07) is 19.9. The summed E-state index contributed by atoms with van der Waals surface area (Å²) in [5.74, 6) is -1.31. The van der Waals surface area contributed by atoms with Crippen LogP contribution in [0, 0.1) is 12.8 Å². The molecule has 0 radical (unpaired) electrons. The molecule has 1 N–H and O–H groups in total. The van der Waals surface area contributed by atoms with Crippen molar-refractivity contribution in [3.8, 4) is 5.75 Å². The third kappa shape index (κ3) is 3.69. The van der Waals surface area contributed by atoms with Crippen molar-refractivity contribution in [2.45, 2.75) is 19.0 Å². The Morgan fingerprint density at radius 1 is 0.971 bits per heavy atom. The minimum atomic E-state index is -0.975. The molecule has 0 aromatic heterocycles. The van der Waals surface area contributed by atoms with E-state index in [4.69, 9.17) is 4.74 Å². The van der Waals surface area contributed by atoms with Crippen LogP contribution >= 0.6 is 15.9 Å². The van der Waals surface area contributed by atoms with Crippen molar-refractivity contribution in [3.05, 3.63) is 94.0 Å². The van der Waals surface area contributed by atoms with E-state index in [0.717, 1.165) is 15.6 Å². The van der Waals surface area contributed by atoms with Gasteiger partial charge >= 0.3 is 0 Å². The highest BCUT2D eigenvalue weighted by atomic mass is 79.9. The van der Waals surface area contributed by atoms with E-state index in [9.17, 15) is 14.4 Å². The minimum Gasteiger partial charge on any atom is -0.497 e.